The Balaban J connectivity index is 3.09. The largest absolute Gasteiger partial charge is 0.460 e. The van der Waals surface area contributed by atoms with Crippen molar-refractivity contribution >= 4 is 11.7 Å². The van der Waals surface area contributed by atoms with Gasteiger partial charge in [0.05, 0.1) is 11.5 Å². The first-order chi connectivity index (χ1) is 6.57. The molecule has 76 valence electrons. The molecule has 0 spiro atoms. The fraction of sp³-hybridized carbons (Fsp3) is 0.429. The van der Waals surface area contributed by atoms with Crippen molar-refractivity contribution in [3.63, 3.8) is 0 Å². The summed E-state index contributed by atoms with van der Waals surface area (Å²) in [7, 11) is 0. The molecule has 1 rings (SSSR count). The summed E-state index contributed by atoms with van der Waals surface area (Å²) in [5.74, 6) is -1.34. The zero-order valence-corrected chi connectivity index (χ0v) is 7.64. The van der Waals surface area contributed by atoms with Gasteiger partial charge in [-0.05, 0) is 13.8 Å². The number of carbonyl (C=O) groups excluding carboxylic acids is 1. The van der Waals surface area contributed by atoms with Crippen LogP contribution in [0, 0.1) is 17.0 Å². The Kier molecular flexibility index (Phi) is 2.80. The number of ether oxygens (including phenoxy) is 1. The van der Waals surface area contributed by atoms with Gasteiger partial charge in [0, 0.05) is 0 Å². The van der Waals surface area contributed by atoms with Crippen molar-refractivity contribution in [2.75, 3.05) is 6.61 Å². The highest BCUT2D eigenvalue weighted by molar-refractivity contribution is 5.90. The molecule has 0 amide bonds. The standard InChI is InChI=1S/C7H8N2O5/c1-3-13-7(10)6-5(9(11)12)4(2)8-14-6/h3H2,1-2H3. The van der Waals surface area contributed by atoms with E-state index in [9.17, 15) is 14.9 Å². The van der Waals surface area contributed by atoms with Crippen LogP contribution in [0.1, 0.15) is 23.2 Å². The van der Waals surface area contributed by atoms with E-state index in [2.05, 4.69) is 14.4 Å². The van der Waals surface area contributed by atoms with Gasteiger partial charge in [0.2, 0.25) is 0 Å². The fourth-order valence-corrected chi connectivity index (χ4v) is 0.910. The molecule has 0 radical (unpaired) electrons. The van der Waals surface area contributed by atoms with Gasteiger partial charge in [-0.15, -0.1) is 0 Å². The molecule has 1 aromatic heterocycles. The molecule has 1 heterocycles. The van der Waals surface area contributed by atoms with E-state index in [0.717, 1.165) is 0 Å². The number of aromatic nitrogens is 1. The predicted octanol–water partition coefficient (Wildman–Crippen LogP) is 1.07. The molecule has 7 heteroatoms. The van der Waals surface area contributed by atoms with Crippen LogP contribution >= 0.6 is 0 Å². The molecule has 0 saturated heterocycles. The quantitative estimate of drug-likeness (QED) is 0.411. The number of nitro groups is 1. The number of hydrogen-bond acceptors (Lipinski definition) is 6. The van der Waals surface area contributed by atoms with E-state index in [4.69, 9.17) is 0 Å². The Morgan fingerprint density at radius 1 is 1.71 bits per heavy atom. The van der Waals surface area contributed by atoms with Crippen LogP contribution in [-0.4, -0.2) is 22.7 Å². The van der Waals surface area contributed by atoms with Gasteiger partial charge in [0.25, 0.3) is 0 Å². The molecule has 0 bridgehead atoms. The predicted molar refractivity (Wildman–Crippen MR) is 43.9 cm³/mol. The maximum Gasteiger partial charge on any atom is 0.384 e. The molecule has 0 aliphatic rings. The normalized spacial score (nSPS) is 9.86. The second-order valence-corrected chi connectivity index (χ2v) is 2.42. The number of esters is 1. The van der Waals surface area contributed by atoms with E-state index in [1.165, 1.54) is 6.92 Å². The average molecular weight is 200 g/mol. The first-order valence-corrected chi connectivity index (χ1v) is 3.85. The second-order valence-electron chi connectivity index (χ2n) is 2.42. The lowest BCUT2D eigenvalue weighted by Crippen LogP contribution is -2.06. The summed E-state index contributed by atoms with van der Waals surface area (Å²) in [4.78, 5) is 20.9. The smallest absolute Gasteiger partial charge is 0.384 e. The zero-order chi connectivity index (χ0) is 10.7. The number of carbonyl (C=O) groups is 1. The van der Waals surface area contributed by atoms with E-state index < -0.39 is 22.3 Å². The van der Waals surface area contributed by atoms with Gasteiger partial charge in [0.15, 0.2) is 5.69 Å². The highest BCUT2D eigenvalue weighted by atomic mass is 16.6. The van der Waals surface area contributed by atoms with Crippen LogP contribution in [0.5, 0.6) is 0 Å². The van der Waals surface area contributed by atoms with E-state index in [1.807, 2.05) is 0 Å². The van der Waals surface area contributed by atoms with Gasteiger partial charge in [-0.1, -0.05) is 5.16 Å². The van der Waals surface area contributed by atoms with Crippen molar-refractivity contribution in [2.24, 2.45) is 0 Å². The lowest BCUT2D eigenvalue weighted by atomic mass is 10.3. The Morgan fingerprint density at radius 2 is 2.36 bits per heavy atom. The Hall–Kier alpha value is -1.92. The Morgan fingerprint density at radius 3 is 2.86 bits per heavy atom. The SMILES string of the molecule is CCOC(=O)c1onc(C)c1[N+](=O)[O-]. The number of hydrogen-bond donors (Lipinski definition) is 0. The number of aryl methyl sites for hydroxylation is 1. The molecule has 0 saturated carbocycles. The molecule has 0 aromatic carbocycles. The summed E-state index contributed by atoms with van der Waals surface area (Å²) in [6.45, 7) is 3.09. The molecule has 0 atom stereocenters. The van der Waals surface area contributed by atoms with Crippen molar-refractivity contribution in [3.8, 4) is 0 Å². The summed E-state index contributed by atoms with van der Waals surface area (Å²) in [5.41, 5.74) is -0.387. The maximum atomic E-state index is 11.1. The van der Waals surface area contributed by atoms with Crippen LogP contribution in [0.4, 0.5) is 5.69 Å². The Labute approximate surface area is 78.8 Å². The van der Waals surface area contributed by atoms with Crippen molar-refractivity contribution in [1.82, 2.24) is 5.16 Å². The molecular formula is C7H8N2O5. The molecule has 0 aliphatic carbocycles. The zero-order valence-electron chi connectivity index (χ0n) is 7.64. The minimum Gasteiger partial charge on any atom is -0.460 e. The van der Waals surface area contributed by atoms with Gasteiger partial charge in [-0.25, -0.2) is 4.79 Å². The highest BCUT2D eigenvalue weighted by Gasteiger charge is 2.30. The summed E-state index contributed by atoms with van der Waals surface area (Å²) in [6, 6.07) is 0. The van der Waals surface area contributed by atoms with E-state index in [0.29, 0.717) is 0 Å². The topological polar surface area (TPSA) is 95.5 Å². The van der Waals surface area contributed by atoms with Crippen LogP contribution in [-0.2, 0) is 4.74 Å². The fourth-order valence-electron chi connectivity index (χ4n) is 0.910. The Bertz CT molecular complexity index is 370. The number of rotatable bonds is 3. The summed E-state index contributed by atoms with van der Waals surface area (Å²) >= 11 is 0. The molecule has 0 N–H and O–H groups in total. The highest BCUT2D eigenvalue weighted by Crippen LogP contribution is 2.22. The van der Waals surface area contributed by atoms with Crippen LogP contribution < -0.4 is 0 Å². The van der Waals surface area contributed by atoms with Gasteiger partial charge in [0.1, 0.15) is 0 Å². The van der Waals surface area contributed by atoms with Crippen LogP contribution in [0.15, 0.2) is 4.52 Å². The lowest BCUT2D eigenvalue weighted by molar-refractivity contribution is -0.386. The average Bonchev–Trinajstić information content (AvgIpc) is 2.47. The van der Waals surface area contributed by atoms with Crippen molar-refractivity contribution in [1.29, 1.82) is 0 Å². The maximum absolute atomic E-state index is 11.1. The third-order valence-electron chi connectivity index (χ3n) is 1.48. The van der Waals surface area contributed by atoms with Gasteiger partial charge >= 0.3 is 17.4 Å². The van der Waals surface area contributed by atoms with E-state index in [-0.39, 0.29) is 12.3 Å². The van der Waals surface area contributed by atoms with Gasteiger partial charge in [-0.2, -0.15) is 0 Å². The first kappa shape index (κ1) is 10.2. The van der Waals surface area contributed by atoms with Crippen molar-refractivity contribution in [3.05, 3.63) is 21.6 Å². The minimum atomic E-state index is -0.875. The molecule has 1 aromatic rings. The van der Waals surface area contributed by atoms with Gasteiger partial charge < -0.3 is 9.26 Å². The van der Waals surface area contributed by atoms with Crippen molar-refractivity contribution in [2.45, 2.75) is 13.8 Å². The molecule has 14 heavy (non-hydrogen) atoms. The van der Waals surface area contributed by atoms with E-state index >= 15 is 0 Å². The number of nitrogens with zero attached hydrogens (tertiary/aromatic N) is 2. The minimum absolute atomic E-state index is 0.0538. The summed E-state index contributed by atoms with van der Waals surface area (Å²) in [5, 5.41) is 13.8. The second kappa shape index (κ2) is 3.86. The van der Waals surface area contributed by atoms with Crippen LogP contribution in [0.2, 0.25) is 0 Å². The molecule has 0 aliphatic heterocycles. The van der Waals surface area contributed by atoms with Gasteiger partial charge in [-0.3, -0.25) is 10.1 Å². The van der Waals surface area contributed by atoms with Crippen LogP contribution in [0.3, 0.4) is 0 Å². The van der Waals surface area contributed by atoms with E-state index in [1.54, 1.807) is 6.92 Å². The molecular weight excluding hydrogens is 192 g/mol. The molecule has 0 unspecified atom stereocenters. The lowest BCUT2D eigenvalue weighted by Gasteiger charge is -1.95. The van der Waals surface area contributed by atoms with Crippen LogP contribution in [0.25, 0.3) is 0 Å². The summed E-state index contributed by atoms with van der Waals surface area (Å²) in [6.07, 6.45) is 0. The van der Waals surface area contributed by atoms with Crippen molar-refractivity contribution < 1.29 is 19.0 Å². The molecule has 0 fully saturated rings. The monoisotopic (exact) mass is 200 g/mol. The molecule has 7 nitrogen and oxygen atoms in total. The third kappa shape index (κ3) is 1.70. The third-order valence-corrected chi connectivity index (χ3v) is 1.48. The first-order valence-electron chi connectivity index (χ1n) is 3.85. The summed E-state index contributed by atoms with van der Waals surface area (Å²) < 4.78 is 9.06.